The van der Waals surface area contributed by atoms with Gasteiger partial charge in [-0.3, -0.25) is 0 Å². The Kier molecular flexibility index (Phi) is 11.0. The summed E-state index contributed by atoms with van der Waals surface area (Å²) >= 11 is 1.39. The zero-order chi connectivity index (χ0) is 30.1. The maximum atomic E-state index is 11.2. The lowest BCUT2D eigenvalue weighted by Gasteiger charge is -2.49. The molecule has 3 aliphatic rings. The summed E-state index contributed by atoms with van der Waals surface area (Å²) in [5.74, 6) is 1.07. The highest BCUT2D eigenvalue weighted by Gasteiger charge is 2.53. The number of benzene rings is 1. The summed E-state index contributed by atoms with van der Waals surface area (Å²) in [5.41, 5.74) is 0.116. The molecule has 3 heterocycles. The Hall–Kier alpha value is -0.613. The molecule has 0 aromatic heterocycles. The van der Waals surface area contributed by atoms with Gasteiger partial charge in [-0.15, -0.1) is 11.8 Å². The molecule has 0 amide bonds. The average molecular weight is 617 g/mol. The second kappa shape index (κ2) is 13.6. The van der Waals surface area contributed by atoms with Crippen molar-refractivity contribution < 1.29 is 48.5 Å². The van der Waals surface area contributed by atoms with Crippen LogP contribution in [0.4, 0.5) is 0 Å². The first-order valence-corrected chi connectivity index (χ1v) is 18.5. The number of rotatable bonds is 10. The van der Waals surface area contributed by atoms with Gasteiger partial charge in [0.05, 0.1) is 13.2 Å². The first kappa shape index (κ1) is 33.3. The van der Waals surface area contributed by atoms with Gasteiger partial charge in [-0.25, -0.2) is 0 Å². The normalized spacial score (nSPS) is 38.6. The zero-order valence-corrected chi connectivity index (χ0v) is 26.9. The molecule has 0 spiro atoms. The summed E-state index contributed by atoms with van der Waals surface area (Å²) in [6, 6.07) is 9.33. The van der Waals surface area contributed by atoms with Crippen molar-refractivity contribution >= 4 is 20.1 Å². The van der Waals surface area contributed by atoms with Gasteiger partial charge < -0.3 is 48.5 Å². The van der Waals surface area contributed by atoms with Crippen molar-refractivity contribution in [1.29, 1.82) is 0 Å². The number of hydrogen-bond donors (Lipinski definition) is 4. The third-order valence-electron chi connectivity index (χ3n) is 9.27. The molecule has 3 aliphatic heterocycles. The van der Waals surface area contributed by atoms with Crippen LogP contribution in [0.2, 0.25) is 18.1 Å². The zero-order valence-electron chi connectivity index (χ0n) is 25.1. The molecule has 0 saturated carbocycles. The Morgan fingerprint density at radius 3 is 2.29 bits per heavy atom. The van der Waals surface area contributed by atoms with Crippen molar-refractivity contribution in [3.63, 3.8) is 0 Å². The smallest absolute Gasteiger partial charge is 0.192 e. The lowest BCUT2D eigenvalue weighted by atomic mass is 9.96. The van der Waals surface area contributed by atoms with E-state index in [-0.39, 0.29) is 18.3 Å². The van der Waals surface area contributed by atoms with Crippen LogP contribution in [0.3, 0.4) is 0 Å². The van der Waals surface area contributed by atoms with Crippen LogP contribution in [0.15, 0.2) is 30.3 Å². The Balaban J connectivity index is 1.48. The number of thioether (sulfide) groups is 1. The maximum Gasteiger partial charge on any atom is 0.192 e. The third kappa shape index (κ3) is 7.05. The van der Waals surface area contributed by atoms with Crippen molar-refractivity contribution in [2.45, 2.75) is 120 Å². The van der Waals surface area contributed by atoms with Crippen molar-refractivity contribution in [3.8, 4) is 0 Å². The Morgan fingerprint density at radius 1 is 0.976 bits per heavy atom. The minimum atomic E-state index is -2.26. The molecule has 1 aromatic carbocycles. The Labute approximate surface area is 248 Å². The summed E-state index contributed by atoms with van der Waals surface area (Å²) in [6.45, 7) is 15.3. The van der Waals surface area contributed by atoms with Crippen LogP contribution in [0.25, 0.3) is 0 Å². The number of aliphatic hydroxyl groups is 4. The van der Waals surface area contributed by atoms with E-state index in [0.717, 1.165) is 5.56 Å². The molecule has 0 bridgehead atoms. The fraction of sp³-hybridized carbons (Fsp3) is 0.793. The topological polar surface area (TPSA) is 136 Å². The van der Waals surface area contributed by atoms with Crippen molar-refractivity contribution in [2.24, 2.45) is 5.92 Å². The van der Waals surface area contributed by atoms with Crippen molar-refractivity contribution in [3.05, 3.63) is 35.9 Å². The molecule has 1 unspecified atom stereocenters. The molecular formula is C29H48O10SSi. The van der Waals surface area contributed by atoms with Gasteiger partial charge in [-0.05, 0) is 29.8 Å². The number of ether oxygens (including phenoxy) is 5. The van der Waals surface area contributed by atoms with Gasteiger partial charge in [0.15, 0.2) is 20.9 Å². The van der Waals surface area contributed by atoms with Crippen LogP contribution >= 0.6 is 11.8 Å². The first-order valence-electron chi connectivity index (χ1n) is 14.5. The quantitative estimate of drug-likeness (QED) is 0.289. The van der Waals surface area contributed by atoms with Gasteiger partial charge in [-0.1, -0.05) is 65.0 Å². The fourth-order valence-corrected chi connectivity index (χ4v) is 8.56. The molecule has 11 atom stereocenters. The highest BCUT2D eigenvalue weighted by Crippen LogP contribution is 2.45. The minimum Gasteiger partial charge on any atom is -0.414 e. The van der Waals surface area contributed by atoms with E-state index in [2.05, 4.69) is 40.8 Å². The van der Waals surface area contributed by atoms with E-state index in [1.165, 1.54) is 11.8 Å². The molecule has 3 fully saturated rings. The van der Waals surface area contributed by atoms with E-state index < -0.39 is 75.2 Å². The molecule has 234 valence electrons. The van der Waals surface area contributed by atoms with Crippen molar-refractivity contribution in [2.75, 3.05) is 19.0 Å². The Bertz CT molecular complexity index is 966. The lowest BCUT2D eigenvalue weighted by Crippen LogP contribution is -2.65. The SMILES string of the molecule is CCS[C@@H]1O[C@H](CO[Si](C)(C)C(C)(C)C(C)C)[C@@H](O[C@H]2O[C@@H]3COC(c4ccccc4)O[C@H]3[C@H](O)[C@H]2O)[C@H](O)[C@H]1O. The molecule has 1 aromatic rings. The molecule has 4 rings (SSSR count). The van der Waals surface area contributed by atoms with E-state index in [0.29, 0.717) is 11.7 Å². The minimum absolute atomic E-state index is 0.0475. The second-order valence-corrected chi connectivity index (χ2v) is 18.5. The van der Waals surface area contributed by atoms with E-state index in [1.807, 2.05) is 37.3 Å². The Morgan fingerprint density at radius 2 is 1.66 bits per heavy atom. The summed E-state index contributed by atoms with van der Waals surface area (Å²) in [4.78, 5) is 0. The van der Waals surface area contributed by atoms with Crippen molar-refractivity contribution in [1.82, 2.24) is 0 Å². The largest absolute Gasteiger partial charge is 0.414 e. The van der Waals surface area contributed by atoms with E-state index >= 15 is 0 Å². The van der Waals surface area contributed by atoms with Gasteiger partial charge in [0.2, 0.25) is 0 Å². The van der Waals surface area contributed by atoms with E-state index in [1.54, 1.807) is 0 Å². The van der Waals surface area contributed by atoms with Crippen LogP contribution in [0.1, 0.15) is 46.5 Å². The monoisotopic (exact) mass is 616 g/mol. The average Bonchev–Trinajstić information content (AvgIpc) is 2.94. The van der Waals surface area contributed by atoms with Gasteiger partial charge in [-0.2, -0.15) is 0 Å². The predicted molar refractivity (Wildman–Crippen MR) is 157 cm³/mol. The van der Waals surface area contributed by atoms with Gasteiger partial charge in [0, 0.05) is 5.56 Å². The van der Waals surface area contributed by atoms with E-state index in [4.69, 9.17) is 28.1 Å². The number of aliphatic hydroxyl groups excluding tert-OH is 4. The summed E-state index contributed by atoms with van der Waals surface area (Å²) in [5, 5.41) is 44.1. The first-order chi connectivity index (χ1) is 19.3. The third-order valence-corrected chi connectivity index (χ3v) is 14.9. The molecule has 41 heavy (non-hydrogen) atoms. The highest BCUT2D eigenvalue weighted by molar-refractivity contribution is 7.99. The standard InChI is InChI=1S/C29H48O10SSi/c1-8-40-28-23(33)21(31)25(19(37-28)15-35-41(6,7)29(4,5)16(2)3)39-27-22(32)20(30)24-18(36-27)14-34-26(38-24)17-12-10-9-11-13-17/h9-13,16,18-28,30-33H,8,14-15H2,1-7H3/t18-,19-,20-,21-,22-,23-,24-,25-,26?,27-,28+/m1/s1. The highest BCUT2D eigenvalue weighted by atomic mass is 32.2. The van der Waals surface area contributed by atoms with Gasteiger partial charge in [0.1, 0.15) is 54.3 Å². The van der Waals surface area contributed by atoms with Crippen LogP contribution in [0, 0.1) is 5.92 Å². The lowest BCUT2D eigenvalue weighted by molar-refractivity contribution is -0.377. The van der Waals surface area contributed by atoms with Crippen LogP contribution in [0.5, 0.6) is 0 Å². The molecule has 3 saturated heterocycles. The number of fused-ring (bicyclic) bond motifs is 1. The van der Waals surface area contributed by atoms with Crippen LogP contribution in [-0.2, 0) is 28.1 Å². The van der Waals surface area contributed by atoms with Gasteiger partial charge >= 0.3 is 0 Å². The second-order valence-electron chi connectivity index (χ2n) is 12.5. The van der Waals surface area contributed by atoms with E-state index in [9.17, 15) is 20.4 Å². The molecule has 10 nitrogen and oxygen atoms in total. The van der Waals surface area contributed by atoms with Crippen LogP contribution in [-0.4, -0.2) is 108 Å². The summed E-state index contributed by atoms with van der Waals surface area (Å²) in [7, 11) is -2.26. The number of hydrogen-bond acceptors (Lipinski definition) is 11. The maximum absolute atomic E-state index is 11.2. The molecule has 0 aliphatic carbocycles. The molecule has 4 N–H and O–H groups in total. The molecule has 12 heteroatoms. The molecule has 0 radical (unpaired) electrons. The van der Waals surface area contributed by atoms with Gasteiger partial charge in [0.25, 0.3) is 0 Å². The summed E-state index contributed by atoms with van der Waals surface area (Å²) < 4.78 is 36.8. The predicted octanol–water partition coefficient (Wildman–Crippen LogP) is 2.79. The fourth-order valence-electron chi connectivity index (χ4n) is 5.31. The summed E-state index contributed by atoms with van der Waals surface area (Å²) in [6.07, 6.45) is -10.8. The molecular weight excluding hydrogens is 568 g/mol. The van der Waals surface area contributed by atoms with Crippen LogP contribution < -0.4 is 0 Å².